The van der Waals surface area contributed by atoms with E-state index in [0.29, 0.717) is 0 Å². The number of fused-ring (bicyclic) bond motifs is 1. The van der Waals surface area contributed by atoms with Crippen molar-refractivity contribution in [3.63, 3.8) is 0 Å². The van der Waals surface area contributed by atoms with Crippen LogP contribution in [0, 0.1) is 13.8 Å². The molecule has 0 amide bonds. The molecule has 62 valence electrons. The molecule has 0 bridgehead atoms. The summed E-state index contributed by atoms with van der Waals surface area (Å²) in [5.41, 5.74) is 12.0. The Morgan fingerprint density at radius 1 is 1.42 bits per heavy atom. The van der Waals surface area contributed by atoms with Gasteiger partial charge in [-0.15, -0.1) is 11.3 Å². The third kappa shape index (κ3) is 0.898. The lowest BCUT2D eigenvalue weighted by Gasteiger charge is -2.02. The molecule has 0 saturated heterocycles. The molecule has 0 atom stereocenters. The van der Waals surface area contributed by atoms with Crippen LogP contribution >= 0.6 is 11.3 Å². The average Bonchev–Trinajstić information content (AvgIpc) is 2.48. The lowest BCUT2D eigenvalue weighted by Crippen LogP contribution is -1.90. The van der Waals surface area contributed by atoms with E-state index in [9.17, 15) is 0 Å². The molecule has 0 unspecified atom stereocenters. The summed E-state index contributed by atoms with van der Waals surface area (Å²) in [5, 5.41) is 0. The van der Waals surface area contributed by atoms with Crippen LogP contribution in [0.15, 0.2) is 11.6 Å². The maximum atomic E-state index is 5.82. The van der Waals surface area contributed by atoms with Crippen LogP contribution in [-0.2, 0) is 0 Å². The van der Waals surface area contributed by atoms with E-state index in [0.717, 1.165) is 22.3 Å². The van der Waals surface area contributed by atoms with E-state index in [2.05, 4.69) is 4.98 Å². The Bertz CT molecular complexity index is 431. The summed E-state index contributed by atoms with van der Waals surface area (Å²) < 4.78 is 1.22. The zero-order valence-electron chi connectivity index (χ0n) is 7.09. The van der Waals surface area contributed by atoms with Crippen molar-refractivity contribution in [2.45, 2.75) is 13.8 Å². The Labute approximate surface area is 75.0 Å². The van der Waals surface area contributed by atoms with Gasteiger partial charge in [-0.25, -0.2) is 4.98 Å². The summed E-state index contributed by atoms with van der Waals surface area (Å²) >= 11 is 1.65. The second-order valence-corrected chi connectivity index (χ2v) is 3.79. The Morgan fingerprint density at radius 2 is 2.17 bits per heavy atom. The highest BCUT2D eigenvalue weighted by molar-refractivity contribution is 7.17. The van der Waals surface area contributed by atoms with Gasteiger partial charge < -0.3 is 5.73 Å². The molecule has 1 heterocycles. The van der Waals surface area contributed by atoms with E-state index >= 15 is 0 Å². The van der Waals surface area contributed by atoms with Crippen LogP contribution in [0.5, 0.6) is 0 Å². The molecule has 2 N–H and O–H groups in total. The number of nitrogens with two attached hydrogens (primary N) is 1. The zero-order chi connectivity index (χ0) is 8.72. The smallest absolute Gasteiger partial charge is 0.0845 e. The molecule has 0 saturated carbocycles. The van der Waals surface area contributed by atoms with Crippen LogP contribution in [0.1, 0.15) is 11.1 Å². The van der Waals surface area contributed by atoms with Gasteiger partial charge in [-0.3, -0.25) is 0 Å². The summed E-state index contributed by atoms with van der Waals surface area (Å²) in [4.78, 5) is 4.28. The molecule has 1 aromatic heterocycles. The monoisotopic (exact) mass is 178 g/mol. The van der Waals surface area contributed by atoms with Crippen LogP contribution in [-0.4, -0.2) is 4.98 Å². The fraction of sp³-hybridized carbons (Fsp3) is 0.222. The lowest BCUT2D eigenvalue weighted by atomic mass is 10.1. The molecule has 0 aliphatic rings. The fourth-order valence-corrected chi connectivity index (χ4v) is 2.22. The third-order valence-corrected chi connectivity index (χ3v) is 3.03. The van der Waals surface area contributed by atoms with Crippen LogP contribution < -0.4 is 5.73 Å². The van der Waals surface area contributed by atoms with Crippen molar-refractivity contribution in [1.82, 2.24) is 4.98 Å². The normalized spacial score (nSPS) is 10.8. The highest BCUT2D eigenvalue weighted by Crippen LogP contribution is 2.28. The number of anilines is 1. The van der Waals surface area contributed by atoms with Crippen molar-refractivity contribution in [3.8, 4) is 0 Å². The summed E-state index contributed by atoms with van der Waals surface area (Å²) in [7, 11) is 0. The minimum absolute atomic E-state index is 0.865. The van der Waals surface area contributed by atoms with Gasteiger partial charge in [0.25, 0.3) is 0 Å². The Kier molecular flexibility index (Phi) is 1.54. The minimum atomic E-state index is 0.865. The molecule has 0 fully saturated rings. The molecule has 0 aliphatic heterocycles. The summed E-state index contributed by atoms with van der Waals surface area (Å²) in [6, 6.07) is 1.98. The van der Waals surface area contributed by atoms with Crippen molar-refractivity contribution < 1.29 is 0 Å². The van der Waals surface area contributed by atoms with Crippen molar-refractivity contribution in [3.05, 3.63) is 22.7 Å². The van der Waals surface area contributed by atoms with Crippen molar-refractivity contribution in [2.24, 2.45) is 0 Å². The van der Waals surface area contributed by atoms with Crippen LogP contribution in [0.3, 0.4) is 0 Å². The fourth-order valence-electron chi connectivity index (χ4n) is 1.33. The molecular weight excluding hydrogens is 168 g/mol. The SMILES string of the molecule is Cc1cc(N)c(C)c2scnc12. The predicted octanol–water partition coefficient (Wildman–Crippen LogP) is 2.50. The number of benzene rings is 1. The molecule has 2 aromatic rings. The largest absolute Gasteiger partial charge is 0.398 e. The molecule has 2 rings (SSSR count). The van der Waals surface area contributed by atoms with E-state index in [4.69, 9.17) is 5.73 Å². The molecule has 2 nitrogen and oxygen atoms in total. The predicted molar refractivity (Wildman–Crippen MR) is 53.5 cm³/mol. The number of nitrogens with zero attached hydrogens (tertiary/aromatic N) is 1. The molecule has 1 aromatic carbocycles. The lowest BCUT2D eigenvalue weighted by molar-refractivity contribution is 1.40. The Balaban J connectivity index is 2.97. The highest BCUT2D eigenvalue weighted by Gasteiger charge is 2.05. The minimum Gasteiger partial charge on any atom is -0.398 e. The first kappa shape index (κ1) is 7.55. The Morgan fingerprint density at radius 3 is 2.92 bits per heavy atom. The van der Waals surface area contributed by atoms with Gasteiger partial charge in [0, 0.05) is 5.69 Å². The summed E-state index contributed by atoms with van der Waals surface area (Å²) in [6.07, 6.45) is 0. The molecule has 0 spiro atoms. The number of aryl methyl sites for hydroxylation is 2. The van der Waals surface area contributed by atoms with Crippen LogP contribution in [0.4, 0.5) is 5.69 Å². The van der Waals surface area contributed by atoms with Gasteiger partial charge in [-0.05, 0) is 31.0 Å². The second kappa shape index (κ2) is 2.45. The molecule has 3 heteroatoms. The number of hydrogen-bond donors (Lipinski definition) is 1. The van der Waals surface area contributed by atoms with E-state index < -0.39 is 0 Å². The molecule has 0 aliphatic carbocycles. The maximum absolute atomic E-state index is 5.82. The van der Waals surface area contributed by atoms with Gasteiger partial charge in [-0.1, -0.05) is 0 Å². The van der Waals surface area contributed by atoms with Gasteiger partial charge in [0.05, 0.1) is 15.7 Å². The first-order chi connectivity index (χ1) is 5.70. The number of aromatic nitrogens is 1. The van der Waals surface area contributed by atoms with Gasteiger partial charge >= 0.3 is 0 Å². The molecule has 12 heavy (non-hydrogen) atoms. The summed E-state index contributed by atoms with van der Waals surface area (Å²) in [6.45, 7) is 4.08. The third-order valence-electron chi connectivity index (χ3n) is 2.09. The second-order valence-electron chi connectivity index (χ2n) is 2.94. The first-order valence-electron chi connectivity index (χ1n) is 3.79. The Hall–Kier alpha value is -1.09. The van der Waals surface area contributed by atoms with Crippen LogP contribution in [0.25, 0.3) is 10.2 Å². The zero-order valence-corrected chi connectivity index (χ0v) is 7.90. The van der Waals surface area contributed by atoms with Crippen molar-refractivity contribution in [2.75, 3.05) is 5.73 Å². The van der Waals surface area contributed by atoms with E-state index in [1.54, 1.807) is 11.3 Å². The van der Waals surface area contributed by atoms with Crippen molar-refractivity contribution >= 4 is 27.2 Å². The highest BCUT2D eigenvalue weighted by atomic mass is 32.1. The van der Waals surface area contributed by atoms with Gasteiger partial charge in [0.1, 0.15) is 0 Å². The topological polar surface area (TPSA) is 38.9 Å². The van der Waals surface area contributed by atoms with Gasteiger partial charge in [-0.2, -0.15) is 0 Å². The number of nitrogen functional groups attached to an aromatic ring is 1. The quantitative estimate of drug-likeness (QED) is 0.629. The number of rotatable bonds is 0. The van der Waals surface area contributed by atoms with Gasteiger partial charge in [0.15, 0.2) is 0 Å². The van der Waals surface area contributed by atoms with E-state index in [1.807, 2.05) is 25.4 Å². The standard InChI is InChI=1S/C9H10N2S/c1-5-3-7(10)6(2)9-8(5)11-4-12-9/h3-4H,10H2,1-2H3. The molecule has 0 radical (unpaired) electrons. The first-order valence-corrected chi connectivity index (χ1v) is 4.67. The van der Waals surface area contributed by atoms with E-state index in [1.165, 1.54) is 4.70 Å². The summed E-state index contributed by atoms with van der Waals surface area (Å²) in [5.74, 6) is 0. The van der Waals surface area contributed by atoms with Crippen LogP contribution in [0.2, 0.25) is 0 Å². The average molecular weight is 178 g/mol. The number of thiazole rings is 1. The van der Waals surface area contributed by atoms with E-state index in [-0.39, 0.29) is 0 Å². The number of hydrogen-bond acceptors (Lipinski definition) is 3. The maximum Gasteiger partial charge on any atom is 0.0845 e. The van der Waals surface area contributed by atoms with Crippen molar-refractivity contribution in [1.29, 1.82) is 0 Å². The van der Waals surface area contributed by atoms with Gasteiger partial charge in [0.2, 0.25) is 0 Å². The molecular formula is C9H10N2S.